The van der Waals surface area contributed by atoms with E-state index in [1.54, 1.807) is 17.8 Å². The smallest absolute Gasteiger partial charge is 0.254 e. The first-order valence-electron chi connectivity index (χ1n) is 5.31. The van der Waals surface area contributed by atoms with Crippen LogP contribution in [0.1, 0.15) is 38.1 Å². The average Bonchev–Trinajstić information content (AvgIpc) is 2.65. The number of rotatable bonds is 3. The number of hydrogen-bond donors (Lipinski definition) is 2. The molecule has 90 valence electrons. The number of amides is 1. The zero-order valence-corrected chi connectivity index (χ0v) is 10.2. The summed E-state index contributed by atoms with van der Waals surface area (Å²) in [5.41, 5.74) is 0.372. The van der Waals surface area contributed by atoms with E-state index in [-0.39, 0.29) is 24.1 Å². The first kappa shape index (κ1) is 12.7. The van der Waals surface area contributed by atoms with Crippen LogP contribution >= 0.6 is 0 Å². The van der Waals surface area contributed by atoms with Crippen LogP contribution in [0.5, 0.6) is 0 Å². The van der Waals surface area contributed by atoms with Crippen LogP contribution in [0.15, 0.2) is 12.4 Å². The van der Waals surface area contributed by atoms with E-state index >= 15 is 0 Å². The summed E-state index contributed by atoms with van der Waals surface area (Å²) in [7, 11) is 0. The molecule has 1 amide bonds. The normalized spacial score (nSPS) is 13.6. The minimum absolute atomic E-state index is 0.0703. The van der Waals surface area contributed by atoms with Crippen LogP contribution < -0.4 is 5.32 Å². The Balaban J connectivity index is 2.75. The maximum Gasteiger partial charge on any atom is 0.254 e. The molecule has 0 aliphatic carbocycles. The van der Waals surface area contributed by atoms with E-state index in [0.29, 0.717) is 5.56 Å². The Kier molecular flexibility index (Phi) is 3.70. The third-order valence-corrected chi connectivity index (χ3v) is 2.18. The van der Waals surface area contributed by atoms with Crippen LogP contribution in [-0.4, -0.2) is 33.4 Å². The van der Waals surface area contributed by atoms with Crippen molar-refractivity contribution in [3.63, 3.8) is 0 Å². The molecule has 0 saturated carbocycles. The zero-order chi connectivity index (χ0) is 12.3. The fraction of sp³-hybridized carbons (Fsp3) is 0.636. The summed E-state index contributed by atoms with van der Waals surface area (Å²) in [6.07, 6.45) is 3.24. The van der Waals surface area contributed by atoms with Gasteiger partial charge in [0, 0.05) is 12.2 Å². The molecule has 5 nitrogen and oxygen atoms in total. The van der Waals surface area contributed by atoms with E-state index in [2.05, 4.69) is 10.4 Å². The lowest BCUT2D eigenvalue weighted by Crippen LogP contribution is -2.34. The number of aromatic nitrogens is 2. The Morgan fingerprint density at radius 2 is 2.25 bits per heavy atom. The summed E-state index contributed by atoms with van der Waals surface area (Å²) >= 11 is 0. The molecule has 2 N–H and O–H groups in total. The maximum absolute atomic E-state index is 11.7. The van der Waals surface area contributed by atoms with Gasteiger partial charge in [0.05, 0.1) is 23.9 Å². The second kappa shape index (κ2) is 4.65. The molecule has 0 aromatic carbocycles. The van der Waals surface area contributed by atoms with E-state index in [1.165, 1.54) is 6.20 Å². The summed E-state index contributed by atoms with van der Waals surface area (Å²) in [5, 5.41) is 15.6. The standard InChI is InChI=1S/C11H19N3O2/c1-8(7-15)13-10(16)9-5-12-14(6-9)11(2,3)4/h5-6,8,15H,7H2,1-4H3,(H,13,16). The van der Waals surface area contributed by atoms with Gasteiger partial charge in [0.15, 0.2) is 0 Å². The number of nitrogens with one attached hydrogen (secondary N) is 1. The van der Waals surface area contributed by atoms with Gasteiger partial charge in [-0.05, 0) is 27.7 Å². The minimum Gasteiger partial charge on any atom is -0.394 e. The molecule has 1 heterocycles. The van der Waals surface area contributed by atoms with Crippen molar-refractivity contribution in [2.24, 2.45) is 0 Å². The van der Waals surface area contributed by atoms with Crippen molar-refractivity contribution in [1.82, 2.24) is 15.1 Å². The van der Waals surface area contributed by atoms with Gasteiger partial charge < -0.3 is 10.4 Å². The number of nitrogens with zero attached hydrogens (tertiary/aromatic N) is 2. The van der Waals surface area contributed by atoms with E-state index in [0.717, 1.165) is 0 Å². The van der Waals surface area contributed by atoms with Crippen LogP contribution in [-0.2, 0) is 5.54 Å². The molecule has 0 bridgehead atoms. The summed E-state index contributed by atoms with van der Waals surface area (Å²) < 4.78 is 1.74. The number of aliphatic hydroxyl groups excluding tert-OH is 1. The molecule has 1 aromatic rings. The topological polar surface area (TPSA) is 67.2 Å². The molecule has 0 aliphatic rings. The highest BCUT2D eigenvalue weighted by Crippen LogP contribution is 2.13. The first-order chi connectivity index (χ1) is 7.34. The molecule has 0 spiro atoms. The first-order valence-corrected chi connectivity index (χ1v) is 5.31. The van der Waals surface area contributed by atoms with Crippen molar-refractivity contribution in [1.29, 1.82) is 0 Å². The fourth-order valence-electron chi connectivity index (χ4n) is 1.16. The monoisotopic (exact) mass is 225 g/mol. The Labute approximate surface area is 95.5 Å². The zero-order valence-electron chi connectivity index (χ0n) is 10.2. The van der Waals surface area contributed by atoms with Crippen molar-refractivity contribution < 1.29 is 9.90 Å². The number of carbonyl (C=O) groups is 1. The fourth-order valence-corrected chi connectivity index (χ4v) is 1.16. The molecule has 0 radical (unpaired) electrons. The molecule has 5 heteroatoms. The molecule has 0 fully saturated rings. The maximum atomic E-state index is 11.7. The molecular weight excluding hydrogens is 206 g/mol. The Bertz CT molecular complexity index is 366. The van der Waals surface area contributed by atoms with Crippen molar-refractivity contribution in [2.45, 2.75) is 39.3 Å². The van der Waals surface area contributed by atoms with E-state index in [1.807, 2.05) is 20.8 Å². The highest BCUT2D eigenvalue weighted by molar-refractivity contribution is 5.93. The molecule has 1 aromatic heterocycles. The molecule has 0 aliphatic heterocycles. The van der Waals surface area contributed by atoms with Gasteiger partial charge >= 0.3 is 0 Å². The van der Waals surface area contributed by atoms with E-state index in [4.69, 9.17) is 5.11 Å². The quantitative estimate of drug-likeness (QED) is 0.797. The van der Waals surface area contributed by atoms with Gasteiger partial charge in [-0.3, -0.25) is 9.48 Å². The number of aliphatic hydroxyl groups is 1. The largest absolute Gasteiger partial charge is 0.394 e. The summed E-state index contributed by atoms with van der Waals surface area (Å²) in [6, 6.07) is -0.245. The van der Waals surface area contributed by atoms with Crippen molar-refractivity contribution >= 4 is 5.91 Å². The van der Waals surface area contributed by atoms with Crippen LogP contribution in [0.3, 0.4) is 0 Å². The van der Waals surface area contributed by atoms with E-state index < -0.39 is 0 Å². The molecule has 1 rings (SSSR count). The van der Waals surface area contributed by atoms with Gasteiger partial charge in [-0.25, -0.2) is 0 Å². The second-order valence-corrected chi connectivity index (χ2v) is 4.90. The molecule has 16 heavy (non-hydrogen) atoms. The van der Waals surface area contributed by atoms with Crippen molar-refractivity contribution in [3.8, 4) is 0 Å². The average molecular weight is 225 g/mol. The molecular formula is C11H19N3O2. The second-order valence-electron chi connectivity index (χ2n) is 4.90. The highest BCUT2D eigenvalue weighted by Gasteiger charge is 2.17. The highest BCUT2D eigenvalue weighted by atomic mass is 16.3. The van der Waals surface area contributed by atoms with Crippen LogP contribution in [0, 0.1) is 0 Å². The number of hydrogen-bond acceptors (Lipinski definition) is 3. The van der Waals surface area contributed by atoms with Crippen LogP contribution in [0.25, 0.3) is 0 Å². The molecule has 1 unspecified atom stereocenters. The van der Waals surface area contributed by atoms with Gasteiger partial charge in [-0.15, -0.1) is 0 Å². The predicted octanol–water partition coefficient (Wildman–Crippen LogP) is 0.749. The van der Waals surface area contributed by atoms with Crippen molar-refractivity contribution in [2.75, 3.05) is 6.61 Å². The van der Waals surface area contributed by atoms with Crippen LogP contribution in [0.2, 0.25) is 0 Å². The van der Waals surface area contributed by atoms with Gasteiger partial charge in [-0.1, -0.05) is 0 Å². The van der Waals surface area contributed by atoms with Gasteiger partial charge in [0.25, 0.3) is 5.91 Å². The number of carbonyl (C=O) groups excluding carboxylic acids is 1. The third kappa shape index (κ3) is 3.06. The summed E-state index contributed by atoms with van der Waals surface area (Å²) in [5.74, 6) is -0.211. The Morgan fingerprint density at radius 1 is 1.62 bits per heavy atom. The lowest BCUT2D eigenvalue weighted by molar-refractivity contribution is 0.0922. The van der Waals surface area contributed by atoms with E-state index in [9.17, 15) is 4.79 Å². The van der Waals surface area contributed by atoms with Gasteiger partial charge in [0.2, 0.25) is 0 Å². The predicted molar refractivity (Wildman–Crippen MR) is 61.2 cm³/mol. The van der Waals surface area contributed by atoms with Gasteiger partial charge in [0.1, 0.15) is 0 Å². The Hall–Kier alpha value is -1.36. The minimum atomic E-state index is -0.245. The molecule has 0 saturated heterocycles. The lowest BCUT2D eigenvalue weighted by Gasteiger charge is -2.18. The third-order valence-electron chi connectivity index (χ3n) is 2.18. The summed E-state index contributed by atoms with van der Waals surface area (Å²) in [6.45, 7) is 7.71. The van der Waals surface area contributed by atoms with Crippen molar-refractivity contribution in [3.05, 3.63) is 18.0 Å². The molecule has 1 atom stereocenters. The lowest BCUT2D eigenvalue weighted by atomic mass is 10.1. The van der Waals surface area contributed by atoms with Gasteiger partial charge in [-0.2, -0.15) is 5.10 Å². The Morgan fingerprint density at radius 3 is 2.69 bits per heavy atom. The van der Waals surface area contributed by atoms with Crippen LogP contribution in [0.4, 0.5) is 0 Å². The summed E-state index contributed by atoms with van der Waals surface area (Å²) in [4.78, 5) is 11.7. The SMILES string of the molecule is CC(CO)NC(=O)c1cnn(C(C)(C)C)c1.